The number of amides is 1. The largest absolute Gasteiger partial charge is 0.497 e. The second-order valence-corrected chi connectivity index (χ2v) is 8.80. The summed E-state index contributed by atoms with van der Waals surface area (Å²) in [5.41, 5.74) is 1.40. The molecule has 1 heterocycles. The first-order valence-electron chi connectivity index (χ1n) is 9.54. The lowest BCUT2D eigenvalue weighted by Crippen LogP contribution is -2.28. The van der Waals surface area contributed by atoms with Gasteiger partial charge in [0.05, 0.1) is 19.1 Å². The number of hydrogen-bond donors (Lipinski definition) is 1. The van der Waals surface area contributed by atoms with Crippen LogP contribution in [0.25, 0.3) is 0 Å². The summed E-state index contributed by atoms with van der Waals surface area (Å²) in [5.74, 6) is 0.865. The molecule has 0 radical (unpaired) electrons. The Bertz CT molecular complexity index is 929. The zero-order chi connectivity index (χ0) is 20.9. The predicted molar refractivity (Wildman–Crippen MR) is 110 cm³/mol. The van der Waals surface area contributed by atoms with Crippen LogP contribution >= 0.6 is 0 Å². The molecule has 2 aromatic rings. The van der Waals surface area contributed by atoms with E-state index in [2.05, 4.69) is 5.32 Å². The van der Waals surface area contributed by atoms with Crippen molar-refractivity contribution in [2.75, 3.05) is 33.9 Å². The van der Waals surface area contributed by atoms with Gasteiger partial charge in [0.15, 0.2) is 0 Å². The topological polar surface area (TPSA) is 84.9 Å². The van der Waals surface area contributed by atoms with E-state index in [-0.39, 0.29) is 5.91 Å². The van der Waals surface area contributed by atoms with Crippen molar-refractivity contribution in [1.82, 2.24) is 9.62 Å². The molecule has 1 N–H and O–H groups in total. The lowest BCUT2D eigenvalue weighted by molar-refractivity contribution is 0.0953. The van der Waals surface area contributed by atoms with Gasteiger partial charge in [-0.25, -0.2) is 8.42 Å². The predicted octanol–water partition coefficient (Wildman–Crippen LogP) is 2.46. The van der Waals surface area contributed by atoms with Crippen molar-refractivity contribution >= 4 is 15.9 Å². The monoisotopic (exact) mass is 418 g/mol. The molecule has 0 bridgehead atoms. The van der Waals surface area contributed by atoms with Crippen molar-refractivity contribution in [3.63, 3.8) is 0 Å². The van der Waals surface area contributed by atoms with Crippen molar-refractivity contribution in [2.24, 2.45) is 0 Å². The van der Waals surface area contributed by atoms with Crippen LogP contribution in [0.3, 0.4) is 0 Å². The van der Waals surface area contributed by atoms with Crippen molar-refractivity contribution in [1.29, 1.82) is 0 Å². The number of ether oxygens (including phenoxy) is 2. The first kappa shape index (κ1) is 21.1. The van der Waals surface area contributed by atoms with Crippen LogP contribution < -0.4 is 14.8 Å². The molecule has 2 aromatic carbocycles. The summed E-state index contributed by atoms with van der Waals surface area (Å²) < 4.78 is 37.0. The third-order valence-electron chi connectivity index (χ3n) is 4.94. The molecule has 1 fully saturated rings. The van der Waals surface area contributed by atoms with Crippen molar-refractivity contribution < 1.29 is 22.7 Å². The zero-order valence-corrected chi connectivity index (χ0v) is 17.5. The maximum absolute atomic E-state index is 12.6. The van der Waals surface area contributed by atoms with E-state index < -0.39 is 10.0 Å². The fourth-order valence-corrected chi connectivity index (χ4v) is 4.78. The van der Waals surface area contributed by atoms with Gasteiger partial charge >= 0.3 is 0 Å². The standard InChI is InChI=1S/C21H26N2O5S/c1-27-18-13-17(14-19(15-18)28-2)21(24)22-10-9-16-5-7-20(8-6-16)29(25,26)23-11-3-4-12-23/h5-8,13-15H,3-4,9-12H2,1-2H3,(H,22,24). The van der Waals surface area contributed by atoms with Crippen LogP contribution in [0.1, 0.15) is 28.8 Å². The number of carbonyl (C=O) groups excluding carboxylic acids is 1. The maximum atomic E-state index is 12.6. The van der Waals surface area contributed by atoms with Gasteiger partial charge < -0.3 is 14.8 Å². The fourth-order valence-electron chi connectivity index (χ4n) is 3.27. The molecule has 1 saturated heterocycles. The summed E-state index contributed by atoms with van der Waals surface area (Å²) in [4.78, 5) is 12.7. The van der Waals surface area contributed by atoms with Gasteiger partial charge in [-0.3, -0.25) is 4.79 Å². The van der Waals surface area contributed by atoms with Gasteiger partial charge in [-0.05, 0) is 49.1 Å². The molecule has 1 aliphatic rings. The number of benzene rings is 2. The number of nitrogens with zero attached hydrogens (tertiary/aromatic N) is 1. The molecule has 3 rings (SSSR count). The van der Waals surface area contributed by atoms with Gasteiger partial charge in [0, 0.05) is 31.3 Å². The molecule has 156 valence electrons. The van der Waals surface area contributed by atoms with Crippen LogP contribution in [0.4, 0.5) is 0 Å². The number of rotatable bonds is 8. The highest BCUT2D eigenvalue weighted by molar-refractivity contribution is 7.89. The summed E-state index contributed by atoms with van der Waals surface area (Å²) >= 11 is 0. The van der Waals surface area contributed by atoms with E-state index >= 15 is 0 Å². The summed E-state index contributed by atoms with van der Waals surface area (Å²) in [6, 6.07) is 11.9. The molecule has 0 atom stereocenters. The highest BCUT2D eigenvalue weighted by Gasteiger charge is 2.26. The summed E-state index contributed by atoms with van der Waals surface area (Å²) in [6.45, 7) is 1.60. The van der Waals surface area contributed by atoms with E-state index in [0.29, 0.717) is 48.0 Å². The molecule has 8 heteroatoms. The molecular formula is C21H26N2O5S. The van der Waals surface area contributed by atoms with Gasteiger partial charge in [0.2, 0.25) is 10.0 Å². The fraction of sp³-hybridized carbons (Fsp3) is 0.381. The Morgan fingerprint density at radius 2 is 1.59 bits per heavy atom. The molecule has 1 amide bonds. The lowest BCUT2D eigenvalue weighted by atomic mass is 10.1. The second-order valence-electron chi connectivity index (χ2n) is 6.86. The van der Waals surface area contributed by atoms with E-state index in [0.717, 1.165) is 18.4 Å². The molecule has 0 aliphatic carbocycles. The Morgan fingerprint density at radius 1 is 1.00 bits per heavy atom. The minimum Gasteiger partial charge on any atom is -0.497 e. The molecular weight excluding hydrogens is 392 g/mol. The first-order valence-corrected chi connectivity index (χ1v) is 11.0. The number of carbonyl (C=O) groups is 1. The molecule has 0 saturated carbocycles. The van der Waals surface area contributed by atoms with E-state index in [1.165, 1.54) is 18.5 Å². The average Bonchev–Trinajstić information content (AvgIpc) is 3.29. The second kappa shape index (κ2) is 9.28. The van der Waals surface area contributed by atoms with Crippen LogP contribution in [0, 0.1) is 0 Å². The zero-order valence-electron chi connectivity index (χ0n) is 16.7. The number of methoxy groups -OCH3 is 2. The van der Waals surface area contributed by atoms with Crippen LogP contribution in [-0.2, 0) is 16.4 Å². The van der Waals surface area contributed by atoms with E-state index in [4.69, 9.17) is 9.47 Å². The normalized spacial score (nSPS) is 14.6. The SMILES string of the molecule is COc1cc(OC)cc(C(=O)NCCc2ccc(S(=O)(=O)N3CCCC3)cc2)c1. The van der Waals surface area contributed by atoms with Crippen LogP contribution in [0.2, 0.25) is 0 Å². The van der Waals surface area contributed by atoms with Crippen LogP contribution in [0.5, 0.6) is 11.5 Å². The molecule has 0 spiro atoms. The van der Waals surface area contributed by atoms with Crippen molar-refractivity contribution in [3.05, 3.63) is 53.6 Å². The van der Waals surface area contributed by atoms with E-state index in [1.807, 2.05) is 0 Å². The Morgan fingerprint density at radius 3 is 2.14 bits per heavy atom. The van der Waals surface area contributed by atoms with Crippen molar-refractivity contribution in [3.8, 4) is 11.5 Å². The maximum Gasteiger partial charge on any atom is 0.251 e. The number of hydrogen-bond acceptors (Lipinski definition) is 5. The number of nitrogens with one attached hydrogen (secondary N) is 1. The average molecular weight is 419 g/mol. The Kier molecular flexibility index (Phi) is 6.76. The Hall–Kier alpha value is -2.58. The van der Waals surface area contributed by atoms with Gasteiger partial charge in [-0.2, -0.15) is 4.31 Å². The minimum absolute atomic E-state index is 0.226. The van der Waals surface area contributed by atoms with Gasteiger partial charge in [0.25, 0.3) is 5.91 Å². The smallest absolute Gasteiger partial charge is 0.251 e. The van der Waals surface area contributed by atoms with Crippen LogP contribution in [0.15, 0.2) is 47.4 Å². The first-order chi connectivity index (χ1) is 13.9. The van der Waals surface area contributed by atoms with Gasteiger partial charge in [-0.15, -0.1) is 0 Å². The highest BCUT2D eigenvalue weighted by Crippen LogP contribution is 2.23. The van der Waals surface area contributed by atoms with Crippen molar-refractivity contribution in [2.45, 2.75) is 24.2 Å². The van der Waals surface area contributed by atoms with Gasteiger partial charge in [0.1, 0.15) is 11.5 Å². The van der Waals surface area contributed by atoms with E-state index in [9.17, 15) is 13.2 Å². The summed E-state index contributed by atoms with van der Waals surface area (Å²) in [5, 5.41) is 2.86. The molecule has 1 aliphatic heterocycles. The quantitative estimate of drug-likeness (QED) is 0.712. The molecule has 7 nitrogen and oxygen atoms in total. The lowest BCUT2D eigenvalue weighted by Gasteiger charge is -2.15. The van der Waals surface area contributed by atoms with Crippen LogP contribution in [-0.4, -0.2) is 52.5 Å². The molecule has 0 unspecified atom stereocenters. The minimum atomic E-state index is -3.40. The third kappa shape index (κ3) is 5.07. The third-order valence-corrected chi connectivity index (χ3v) is 6.85. The Balaban J connectivity index is 1.57. The Labute approximate surface area is 171 Å². The molecule has 29 heavy (non-hydrogen) atoms. The molecule has 0 aromatic heterocycles. The highest BCUT2D eigenvalue weighted by atomic mass is 32.2. The summed E-state index contributed by atoms with van der Waals surface area (Å²) in [6.07, 6.45) is 2.42. The summed E-state index contributed by atoms with van der Waals surface area (Å²) in [7, 11) is -0.335. The van der Waals surface area contributed by atoms with Gasteiger partial charge in [-0.1, -0.05) is 12.1 Å². The number of sulfonamides is 1. The van der Waals surface area contributed by atoms with E-state index in [1.54, 1.807) is 42.5 Å².